The largest absolute Gasteiger partial charge is 0.467 e. The summed E-state index contributed by atoms with van der Waals surface area (Å²) in [6.45, 7) is 2.72. The number of ether oxygens (including phenoxy) is 1. The first-order valence-corrected chi connectivity index (χ1v) is 10.2. The Kier molecular flexibility index (Phi) is 4.55. The summed E-state index contributed by atoms with van der Waals surface area (Å²) in [5.74, 6) is -0.687. The van der Waals surface area contributed by atoms with Crippen molar-refractivity contribution >= 4 is 11.7 Å². The first-order valence-electron chi connectivity index (χ1n) is 10.2. The zero-order valence-corrected chi connectivity index (χ0v) is 17.5. The Morgan fingerprint density at radius 2 is 2.19 bits per heavy atom. The molecule has 0 aliphatic carbocycles. The van der Waals surface area contributed by atoms with Gasteiger partial charge in [-0.25, -0.2) is 14.4 Å². The molecular weight excluding hydrogens is 413 g/mol. The molecule has 5 rings (SSSR count). The maximum absolute atomic E-state index is 14.1. The number of aryl methyl sites for hydroxylation is 1. The second kappa shape index (κ2) is 7.30. The van der Waals surface area contributed by atoms with Crippen LogP contribution in [0.3, 0.4) is 0 Å². The fraction of sp³-hybridized carbons (Fsp3) is 0.318. The molecule has 0 radical (unpaired) electrons. The number of nitrogens with zero attached hydrogens (tertiary/aromatic N) is 6. The van der Waals surface area contributed by atoms with Crippen LogP contribution in [0.25, 0.3) is 11.3 Å². The highest BCUT2D eigenvalue weighted by molar-refractivity contribution is 5.95. The molecule has 2 aromatic heterocycles. The molecule has 2 N–H and O–H groups in total. The van der Waals surface area contributed by atoms with Gasteiger partial charge in [0.1, 0.15) is 18.0 Å². The maximum atomic E-state index is 14.1. The minimum absolute atomic E-state index is 0.0450. The van der Waals surface area contributed by atoms with Gasteiger partial charge in [-0.15, -0.1) is 0 Å². The number of anilines is 1. The van der Waals surface area contributed by atoms with E-state index >= 15 is 0 Å². The van der Waals surface area contributed by atoms with Crippen LogP contribution < -0.4 is 10.5 Å². The van der Waals surface area contributed by atoms with Crippen molar-refractivity contribution in [3.63, 3.8) is 0 Å². The number of hydrogen-bond acceptors (Lipinski definition) is 7. The lowest BCUT2D eigenvalue weighted by molar-refractivity contribution is 0.0781. The van der Waals surface area contributed by atoms with Crippen LogP contribution in [0.4, 0.5) is 10.2 Å². The van der Waals surface area contributed by atoms with Crippen molar-refractivity contribution in [1.82, 2.24) is 24.6 Å². The molecule has 10 heteroatoms. The van der Waals surface area contributed by atoms with Crippen molar-refractivity contribution in [3.8, 4) is 23.2 Å². The van der Waals surface area contributed by atoms with E-state index in [-0.39, 0.29) is 29.2 Å². The van der Waals surface area contributed by atoms with Crippen LogP contribution in [-0.2, 0) is 6.54 Å². The quantitative estimate of drug-likeness (QED) is 0.578. The number of aromatic nitrogens is 4. The summed E-state index contributed by atoms with van der Waals surface area (Å²) in [4.78, 5) is 23.7. The third kappa shape index (κ3) is 3.05. The van der Waals surface area contributed by atoms with Crippen molar-refractivity contribution in [1.29, 1.82) is 5.26 Å². The minimum Gasteiger partial charge on any atom is -0.467 e. The number of halogens is 1. The van der Waals surface area contributed by atoms with Crippen LogP contribution in [0.2, 0.25) is 0 Å². The van der Waals surface area contributed by atoms with E-state index in [2.05, 4.69) is 21.1 Å². The van der Waals surface area contributed by atoms with Gasteiger partial charge in [0, 0.05) is 37.2 Å². The van der Waals surface area contributed by atoms with Gasteiger partial charge in [0.05, 0.1) is 23.1 Å². The second-order valence-corrected chi connectivity index (χ2v) is 8.05. The molecule has 0 fully saturated rings. The third-order valence-corrected chi connectivity index (χ3v) is 6.01. The van der Waals surface area contributed by atoms with Crippen molar-refractivity contribution in [2.75, 3.05) is 19.3 Å². The molecule has 1 aromatic carbocycles. The molecule has 9 nitrogen and oxygen atoms in total. The van der Waals surface area contributed by atoms with Gasteiger partial charge in [0.25, 0.3) is 11.8 Å². The van der Waals surface area contributed by atoms with Crippen LogP contribution in [0.5, 0.6) is 5.88 Å². The molecule has 0 saturated heterocycles. The summed E-state index contributed by atoms with van der Waals surface area (Å²) >= 11 is 0. The number of nitriles is 1. The molecule has 2 aliphatic rings. The Morgan fingerprint density at radius 3 is 2.97 bits per heavy atom. The smallest absolute Gasteiger partial charge is 0.258 e. The highest BCUT2D eigenvalue weighted by Crippen LogP contribution is 2.40. The average Bonchev–Trinajstić information content (AvgIpc) is 3.33. The number of fused-ring (bicyclic) bond motifs is 4. The molecule has 1 amide bonds. The van der Waals surface area contributed by atoms with E-state index in [0.29, 0.717) is 35.5 Å². The van der Waals surface area contributed by atoms with E-state index in [1.807, 2.05) is 0 Å². The molecule has 2 aliphatic heterocycles. The van der Waals surface area contributed by atoms with E-state index < -0.39 is 11.9 Å². The normalized spacial score (nSPS) is 19.7. The van der Waals surface area contributed by atoms with Crippen molar-refractivity contribution < 1.29 is 13.9 Å². The van der Waals surface area contributed by atoms with E-state index in [9.17, 15) is 14.4 Å². The fourth-order valence-corrected chi connectivity index (χ4v) is 4.49. The molecular formula is C22H20FN7O2. The topological polar surface area (TPSA) is 123 Å². The number of carbonyl (C=O) groups excluding carboxylic acids is 1. The molecule has 3 aromatic rings. The van der Waals surface area contributed by atoms with Crippen molar-refractivity contribution in [2.45, 2.75) is 31.9 Å². The number of rotatable bonds is 0. The Bertz CT molecular complexity index is 1300. The Labute approximate surface area is 183 Å². The third-order valence-electron chi connectivity index (χ3n) is 6.01. The summed E-state index contributed by atoms with van der Waals surface area (Å²) in [7, 11) is 1.71. The molecule has 0 spiro atoms. The summed E-state index contributed by atoms with van der Waals surface area (Å²) in [5, 5.41) is 14.1. The lowest BCUT2D eigenvalue weighted by Gasteiger charge is -2.24. The van der Waals surface area contributed by atoms with Crippen molar-refractivity contribution in [3.05, 3.63) is 52.7 Å². The Hall–Kier alpha value is -4.00. The molecule has 2 bridgehead atoms. The number of carbonyl (C=O) groups is 1. The summed E-state index contributed by atoms with van der Waals surface area (Å²) in [6.07, 6.45) is 1.52. The van der Waals surface area contributed by atoms with Gasteiger partial charge in [0.2, 0.25) is 0 Å². The van der Waals surface area contributed by atoms with E-state index in [0.717, 1.165) is 12.1 Å². The number of benzene rings is 1. The van der Waals surface area contributed by atoms with Crippen LogP contribution in [0, 0.1) is 17.1 Å². The van der Waals surface area contributed by atoms with Crippen LogP contribution in [-0.4, -0.2) is 44.1 Å². The van der Waals surface area contributed by atoms with E-state index in [1.165, 1.54) is 24.4 Å². The first-order chi connectivity index (χ1) is 15.4. The highest BCUT2D eigenvalue weighted by atomic mass is 19.1. The molecule has 4 heterocycles. The Balaban J connectivity index is 1.74. The standard InChI is InChI=1S/C22H20FN7O2/c1-11-15-7-13(23)3-4-14(15)22(31)29(2)10-12-5-6-30-19(12)18(16(8-24)28-30)17-9-26-20(25)21(27-17)32-11/h3-4,7,9,11-12H,5-6,10H2,1-2H3,(H2,25,26)/t11-,12?/m1/s1. The molecule has 2 atom stereocenters. The van der Waals surface area contributed by atoms with Crippen LogP contribution >= 0.6 is 0 Å². The van der Waals surface area contributed by atoms with Gasteiger partial charge < -0.3 is 15.4 Å². The monoisotopic (exact) mass is 433 g/mol. The highest BCUT2D eigenvalue weighted by Gasteiger charge is 2.34. The van der Waals surface area contributed by atoms with Crippen molar-refractivity contribution in [2.24, 2.45) is 0 Å². The fourth-order valence-electron chi connectivity index (χ4n) is 4.49. The molecule has 1 unspecified atom stereocenters. The maximum Gasteiger partial charge on any atom is 0.258 e. The lowest BCUT2D eigenvalue weighted by Crippen LogP contribution is -2.32. The summed E-state index contributed by atoms with van der Waals surface area (Å²) < 4.78 is 21.8. The predicted molar refractivity (Wildman–Crippen MR) is 112 cm³/mol. The number of nitrogens with two attached hydrogens (primary N) is 1. The van der Waals surface area contributed by atoms with Crippen LogP contribution in [0.15, 0.2) is 24.4 Å². The number of likely N-dealkylation sites (N-methyl/N-ethyl adjacent to an activating group) is 1. The van der Waals surface area contributed by atoms with Gasteiger partial charge in [0.15, 0.2) is 11.5 Å². The summed E-state index contributed by atoms with van der Waals surface area (Å²) in [6, 6.07) is 6.14. The van der Waals surface area contributed by atoms with E-state index in [4.69, 9.17) is 10.5 Å². The molecule has 0 saturated carbocycles. The first kappa shape index (κ1) is 19.9. The van der Waals surface area contributed by atoms with E-state index in [1.54, 1.807) is 23.6 Å². The van der Waals surface area contributed by atoms with Gasteiger partial charge in [-0.05, 0) is 31.5 Å². The summed E-state index contributed by atoms with van der Waals surface area (Å²) in [5.41, 5.74) is 8.79. The minimum atomic E-state index is -0.730. The second-order valence-electron chi connectivity index (χ2n) is 8.05. The number of amides is 1. The van der Waals surface area contributed by atoms with Gasteiger partial charge in [-0.1, -0.05) is 0 Å². The van der Waals surface area contributed by atoms with Gasteiger partial charge >= 0.3 is 0 Å². The lowest BCUT2D eigenvalue weighted by atomic mass is 9.96. The van der Waals surface area contributed by atoms with Gasteiger partial charge in [-0.3, -0.25) is 9.48 Å². The average molecular weight is 433 g/mol. The molecule has 162 valence electrons. The number of hydrogen-bond donors (Lipinski definition) is 1. The Morgan fingerprint density at radius 1 is 1.38 bits per heavy atom. The zero-order chi connectivity index (χ0) is 22.6. The SMILES string of the molecule is C[C@H]1Oc2nc(cnc2N)-c2c(C#N)nn3c2C(CC3)CN(C)C(=O)c2ccc(F)cc21. The zero-order valence-electron chi connectivity index (χ0n) is 17.5. The molecule has 32 heavy (non-hydrogen) atoms. The predicted octanol–water partition coefficient (Wildman–Crippen LogP) is 2.65. The van der Waals surface area contributed by atoms with Crippen LogP contribution in [0.1, 0.15) is 52.7 Å². The number of nitrogen functional groups attached to an aromatic ring is 1. The van der Waals surface area contributed by atoms with Gasteiger partial charge in [-0.2, -0.15) is 10.4 Å².